The monoisotopic (exact) mass is 384 g/mol. The zero-order valence-corrected chi connectivity index (χ0v) is 16.8. The smallest absolute Gasteiger partial charge is 0.338 e. The van der Waals surface area contributed by atoms with Crippen molar-refractivity contribution < 1.29 is 14.3 Å². The van der Waals surface area contributed by atoms with Gasteiger partial charge in [-0.2, -0.15) is 0 Å². The van der Waals surface area contributed by atoms with E-state index in [4.69, 9.17) is 9.47 Å². The van der Waals surface area contributed by atoms with Gasteiger partial charge in [-0.25, -0.2) is 9.79 Å². The molecule has 0 amide bonds. The van der Waals surface area contributed by atoms with Crippen LogP contribution >= 0.6 is 11.8 Å². The van der Waals surface area contributed by atoms with Crippen LogP contribution < -0.4 is 4.74 Å². The van der Waals surface area contributed by atoms with Gasteiger partial charge < -0.3 is 14.4 Å². The van der Waals surface area contributed by atoms with Crippen LogP contribution in [0.5, 0.6) is 5.75 Å². The van der Waals surface area contributed by atoms with E-state index in [2.05, 4.69) is 22.0 Å². The zero-order valence-electron chi connectivity index (χ0n) is 15.9. The maximum Gasteiger partial charge on any atom is 0.338 e. The van der Waals surface area contributed by atoms with Crippen LogP contribution in [-0.2, 0) is 22.4 Å². The Hall–Kier alpha value is -2.21. The number of carbonyl (C=O) groups excluding carboxylic acids is 1. The highest BCUT2D eigenvalue weighted by Crippen LogP contribution is 2.45. The molecule has 2 aliphatic heterocycles. The number of esters is 1. The lowest BCUT2D eigenvalue weighted by molar-refractivity contribution is -0.139. The van der Waals surface area contributed by atoms with Gasteiger partial charge in [0.1, 0.15) is 5.75 Å². The third-order valence-corrected chi connectivity index (χ3v) is 6.08. The number of hydrogen-bond donors (Lipinski definition) is 0. The van der Waals surface area contributed by atoms with Crippen molar-refractivity contribution in [2.75, 3.05) is 13.7 Å². The number of allylic oxidation sites excluding steroid dienone is 1. The molecule has 6 heteroatoms. The Bertz CT molecular complexity index is 872. The van der Waals surface area contributed by atoms with Crippen molar-refractivity contribution in [1.82, 2.24) is 4.90 Å². The van der Waals surface area contributed by atoms with Gasteiger partial charge in [0.15, 0.2) is 5.17 Å². The molecule has 0 saturated carbocycles. The van der Waals surface area contributed by atoms with Gasteiger partial charge in [0.2, 0.25) is 0 Å². The molecule has 1 aromatic carbocycles. The SMILES string of the molecule is CCOC(=O)C1=C(C)N=C2SC=CN2[C@H]1c1cc2c(cc1OC)CCCC2. The van der Waals surface area contributed by atoms with Crippen LogP contribution in [0.25, 0.3) is 0 Å². The van der Waals surface area contributed by atoms with Crippen LogP contribution in [0.4, 0.5) is 0 Å². The van der Waals surface area contributed by atoms with E-state index in [-0.39, 0.29) is 12.0 Å². The minimum absolute atomic E-state index is 0.287. The Balaban J connectivity index is 1.88. The largest absolute Gasteiger partial charge is 0.496 e. The fraction of sp³-hybridized carbons (Fsp3) is 0.429. The fourth-order valence-electron chi connectivity index (χ4n) is 4.05. The standard InChI is InChI=1S/C21H24N2O3S/c1-4-26-20(24)18-13(2)22-21-23(9-10-27-21)19(18)16-11-14-7-5-6-8-15(14)12-17(16)25-3/h9-12,19H,4-8H2,1-3H3/t19-/m0/s1. The summed E-state index contributed by atoms with van der Waals surface area (Å²) in [6, 6.07) is 4.09. The third-order valence-electron chi connectivity index (χ3n) is 5.30. The van der Waals surface area contributed by atoms with Crippen molar-refractivity contribution in [2.24, 2.45) is 4.99 Å². The number of aryl methyl sites for hydroxylation is 2. The van der Waals surface area contributed by atoms with E-state index in [9.17, 15) is 4.79 Å². The van der Waals surface area contributed by atoms with E-state index in [1.54, 1.807) is 18.9 Å². The molecule has 2 heterocycles. The summed E-state index contributed by atoms with van der Waals surface area (Å²) in [6.45, 7) is 4.05. The Morgan fingerprint density at radius 2 is 2.04 bits per heavy atom. The normalized spacial score (nSPS) is 20.9. The Labute approximate surface area is 164 Å². The van der Waals surface area contributed by atoms with Crippen molar-refractivity contribution in [2.45, 2.75) is 45.6 Å². The molecule has 0 spiro atoms. The Morgan fingerprint density at radius 3 is 2.74 bits per heavy atom. The van der Waals surface area contributed by atoms with Crippen molar-refractivity contribution in [1.29, 1.82) is 0 Å². The number of methoxy groups -OCH3 is 1. The first-order valence-corrected chi connectivity index (χ1v) is 10.3. The fourth-order valence-corrected chi connectivity index (χ4v) is 4.84. The molecular formula is C21H24N2O3S. The summed E-state index contributed by atoms with van der Waals surface area (Å²) in [5.41, 5.74) is 5.01. The van der Waals surface area contributed by atoms with Crippen LogP contribution in [0, 0.1) is 0 Å². The molecule has 0 fully saturated rings. The van der Waals surface area contributed by atoms with E-state index >= 15 is 0 Å². The lowest BCUT2D eigenvalue weighted by Gasteiger charge is -2.34. The third kappa shape index (κ3) is 3.16. The molecule has 0 radical (unpaired) electrons. The van der Waals surface area contributed by atoms with Gasteiger partial charge in [0.25, 0.3) is 0 Å². The van der Waals surface area contributed by atoms with Gasteiger partial charge in [-0.3, -0.25) is 0 Å². The van der Waals surface area contributed by atoms with E-state index in [1.807, 2.05) is 25.5 Å². The number of rotatable bonds is 4. The second kappa shape index (κ2) is 7.43. The average Bonchev–Trinajstić information content (AvgIpc) is 3.13. The topological polar surface area (TPSA) is 51.1 Å². The molecule has 1 aromatic rings. The second-order valence-corrected chi connectivity index (χ2v) is 7.77. The van der Waals surface area contributed by atoms with Gasteiger partial charge in [-0.15, -0.1) is 0 Å². The summed E-state index contributed by atoms with van der Waals surface area (Å²) in [5.74, 6) is 0.509. The molecule has 1 aliphatic carbocycles. The highest BCUT2D eigenvalue weighted by atomic mass is 32.2. The van der Waals surface area contributed by atoms with Crippen LogP contribution in [0.1, 0.15) is 49.4 Å². The van der Waals surface area contributed by atoms with Crippen molar-refractivity contribution in [3.63, 3.8) is 0 Å². The highest BCUT2D eigenvalue weighted by molar-refractivity contribution is 8.16. The molecule has 3 aliphatic rings. The summed E-state index contributed by atoms with van der Waals surface area (Å²) in [6.07, 6.45) is 6.56. The van der Waals surface area contributed by atoms with Crippen molar-refractivity contribution in [3.05, 3.63) is 51.7 Å². The van der Waals surface area contributed by atoms with Gasteiger partial charge in [-0.1, -0.05) is 11.8 Å². The van der Waals surface area contributed by atoms with Crippen LogP contribution in [0.2, 0.25) is 0 Å². The summed E-state index contributed by atoms with van der Waals surface area (Å²) in [4.78, 5) is 19.5. The molecule has 0 N–H and O–H groups in total. The molecule has 0 aromatic heterocycles. The number of nitrogens with zero attached hydrogens (tertiary/aromatic N) is 2. The van der Waals surface area contributed by atoms with Gasteiger partial charge >= 0.3 is 5.97 Å². The zero-order chi connectivity index (χ0) is 19.0. The lowest BCUT2D eigenvalue weighted by atomic mass is 9.86. The number of amidine groups is 1. The molecule has 5 nitrogen and oxygen atoms in total. The molecule has 142 valence electrons. The molecule has 0 unspecified atom stereocenters. The number of carbonyl (C=O) groups is 1. The van der Waals surface area contributed by atoms with Crippen LogP contribution in [-0.4, -0.2) is 29.8 Å². The minimum Gasteiger partial charge on any atom is -0.496 e. The summed E-state index contributed by atoms with van der Waals surface area (Å²) in [7, 11) is 1.70. The summed E-state index contributed by atoms with van der Waals surface area (Å²) in [5, 5.41) is 2.88. The number of fused-ring (bicyclic) bond motifs is 2. The van der Waals surface area contributed by atoms with Gasteiger partial charge in [0.05, 0.1) is 31.0 Å². The van der Waals surface area contributed by atoms with Crippen LogP contribution in [0.3, 0.4) is 0 Å². The maximum absolute atomic E-state index is 12.8. The predicted octanol–water partition coefficient (Wildman–Crippen LogP) is 4.34. The minimum atomic E-state index is -0.312. The lowest BCUT2D eigenvalue weighted by Crippen LogP contribution is -2.34. The first-order valence-electron chi connectivity index (χ1n) is 9.42. The second-order valence-electron chi connectivity index (χ2n) is 6.90. The molecule has 27 heavy (non-hydrogen) atoms. The quantitative estimate of drug-likeness (QED) is 0.723. The number of hydrogen-bond acceptors (Lipinski definition) is 6. The first-order chi connectivity index (χ1) is 13.1. The molecule has 0 saturated heterocycles. The Kier molecular flexibility index (Phi) is 5.00. The van der Waals surface area contributed by atoms with Crippen molar-refractivity contribution >= 4 is 22.9 Å². The number of benzene rings is 1. The number of thioether (sulfide) groups is 1. The van der Waals surface area contributed by atoms with Gasteiger partial charge in [0, 0.05) is 11.8 Å². The predicted molar refractivity (Wildman–Crippen MR) is 108 cm³/mol. The highest BCUT2D eigenvalue weighted by Gasteiger charge is 2.39. The van der Waals surface area contributed by atoms with Crippen LogP contribution in [0.15, 0.2) is 40.0 Å². The average molecular weight is 385 g/mol. The van der Waals surface area contributed by atoms with E-state index < -0.39 is 0 Å². The summed E-state index contributed by atoms with van der Waals surface area (Å²) < 4.78 is 11.1. The maximum atomic E-state index is 12.8. The van der Waals surface area contributed by atoms with Gasteiger partial charge in [-0.05, 0) is 68.2 Å². The number of aliphatic imine (C=N–C) groups is 1. The van der Waals surface area contributed by atoms with E-state index in [1.165, 1.54) is 24.0 Å². The molecule has 0 bridgehead atoms. The number of ether oxygens (including phenoxy) is 2. The molecule has 1 atom stereocenters. The molecule has 4 rings (SSSR count). The van der Waals surface area contributed by atoms with Crippen molar-refractivity contribution in [3.8, 4) is 5.75 Å². The molecular weight excluding hydrogens is 360 g/mol. The van der Waals surface area contributed by atoms with E-state index in [0.717, 1.165) is 29.3 Å². The van der Waals surface area contributed by atoms with E-state index in [0.29, 0.717) is 17.9 Å². The first kappa shape index (κ1) is 18.2. The summed E-state index contributed by atoms with van der Waals surface area (Å²) >= 11 is 1.57. The Morgan fingerprint density at radius 1 is 1.30 bits per heavy atom.